The molecule has 0 fully saturated rings. The van der Waals surface area contributed by atoms with Crippen LogP contribution < -0.4 is 5.32 Å². The minimum Gasteiger partial charge on any atom is -0.383 e. The van der Waals surface area contributed by atoms with E-state index < -0.39 is 0 Å². The number of imidazole rings is 1. The number of amides is 1. The molecule has 2 aromatic heterocycles. The van der Waals surface area contributed by atoms with Gasteiger partial charge in [0, 0.05) is 19.9 Å². The van der Waals surface area contributed by atoms with Crippen LogP contribution in [0.25, 0.3) is 11.2 Å². The summed E-state index contributed by atoms with van der Waals surface area (Å²) in [5.74, 6) is 0.00275. The molecule has 0 aliphatic heterocycles. The zero-order valence-corrected chi connectivity index (χ0v) is 12.4. The first-order valence-corrected chi connectivity index (χ1v) is 7.36. The summed E-state index contributed by atoms with van der Waals surface area (Å²) in [6.07, 6.45) is 2.43. The molecule has 1 amide bonds. The average molecular weight is 294 g/mol. The fraction of sp³-hybridized carbons (Fsp3) is 0.462. The molecular weight excluding hydrogens is 276 g/mol. The predicted octanol–water partition coefficient (Wildman–Crippen LogP) is 1.59. The second-order valence-corrected chi connectivity index (χ2v) is 5.41. The number of nitrogens with one attached hydrogen (secondary N) is 2. The standard InChI is InChI=1S/C13H18N4O2S/c1-3-10(12(18)15-7-8-19-2)20-13-16-9-5-4-6-14-11(9)17-13/h4-6,10H,3,7-8H2,1-2H3,(H,15,18)(H,14,16,17)/t10-/m0/s1. The van der Waals surface area contributed by atoms with E-state index in [1.165, 1.54) is 11.8 Å². The first-order chi connectivity index (χ1) is 9.74. The smallest absolute Gasteiger partial charge is 0.233 e. The SMILES string of the molecule is CC[C@H](Sc1nc2ncccc2[nH]1)C(=O)NCCOC. The molecule has 0 bridgehead atoms. The Labute approximate surface area is 121 Å². The van der Waals surface area contributed by atoms with Crippen molar-refractivity contribution in [3.63, 3.8) is 0 Å². The number of aromatic amines is 1. The van der Waals surface area contributed by atoms with E-state index >= 15 is 0 Å². The number of H-pyrrole nitrogens is 1. The molecule has 0 aliphatic carbocycles. The van der Waals surface area contributed by atoms with Crippen LogP contribution in [-0.2, 0) is 9.53 Å². The van der Waals surface area contributed by atoms with Gasteiger partial charge in [-0.05, 0) is 18.6 Å². The molecule has 2 rings (SSSR count). The molecule has 0 unspecified atom stereocenters. The Balaban J connectivity index is 2.00. The van der Waals surface area contributed by atoms with Crippen molar-refractivity contribution in [2.45, 2.75) is 23.8 Å². The quantitative estimate of drug-likeness (QED) is 0.599. The lowest BCUT2D eigenvalue weighted by Crippen LogP contribution is -2.34. The summed E-state index contributed by atoms with van der Waals surface area (Å²) in [4.78, 5) is 23.7. The summed E-state index contributed by atoms with van der Waals surface area (Å²) in [5, 5.41) is 3.39. The van der Waals surface area contributed by atoms with Crippen molar-refractivity contribution in [1.82, 2.24) is 20.3 Å². The second kappa shape index (κ2) is 7.25. The van der Waals surface area contributed by atoms with Crippen LogP contribution >= 0.6 is 11.8 Å². The van der Waals surface area contributed by atoms with Crippen LogP contribution in [0.2, 0.25) is 0 Å². The van der Waals surface area contributed by atoms with Crippen LogP contribution in [0.1, 0.15) is 13.3 Å². The highest BCUT2D eigenvalue weighted by Crippen LogP contribution is 2.24. The van der Waals surface area contributed by atoms with Crippen LogP contribution in [0.3, 0.4) is 0 Å². The van der Waals surface area contributed by atoms with Gasteiger partial charge < -0.3 is 15.0 Å². The number of rotatable bonds is 7. The summed E-state index contributed by atoms with van der Waals surface area (Å²) >= 11 is 1.42. The topological polar surface area (TPSA) is 79.9 Å². The van der Waals surface area contributed by atoms with Crippen molar-refractivity contribution in [3.8, 4) is 0 Å². The van der Waals surface area contributed by atoms with Crippen molar-refractivity contribution in [1.29, 1.82) is 0 Å². The zero-order chi connectivity index (χ0) is 14.4. The molecule has 20 heavy (non-hydrogen) atoms. The number of fused-ring (bicyclic) bond motifs is 1. The van der Waals surface area contributed by atoms with Crippen LogP contribution in [0, 0.1) is 0 Å². The highest BCUT2D eigenvalue weighted by molar-refractivity contribution is 8.00. The van der Waals surface area contributed by atoms with Gasteiger partial charge in [0.1, 0.15) is 0 Å². The lowest BCUT2D eigenvalue weighted by molar-refractivity contribution is -0.120. The fourth-order valence-corrected chi connectivity index (χ4v) is 2.66. The van der Waals surface area contributed by atoms with Crippen molar-refractivity contribution in [3.05, 3.63) is 18.3 Å². The van der Waals surface area contributed by atoms with Gasteiger partial charge >= 0.3 is 0 Å². The van der Waals surface area contributed by atoms with Crippen molar-refractivity contribution in [2.75, 3.05) is 20.3 Å². The van der Waals surface area contributed by atoms with E-state index in [1.807, 2.05) is 19.1 Å². The molecule has 0 aliphatic rings. The number of thioether (sulfide) groups is 1. The third-order valence-corrected chi connectivity index (χ3v) is 4.01. The molecule has 7 heteroatoms. The van der Waals surface area contributed by atoms with Gasteiger partial charge in [0.05, 0.1) is 17.4 Å². The molecule has 108 valence electrons. The molecule has 2 aromatic rings. The molecule has 0 radical (unpaired) electrons. The highest BCUT2D eigenvalue weighted by atomic mass is 32.2. The number of nitrogens with zero attached hydrogens (tertiary/aromatic N) is 2. The molecular formula is C13H18N4O2S. The number of carbonyl (C=O) groups is 1. The number of carbonyl (C=O) groups excluding carboxylic acids is 1. The van der Waals surface area contributed by atoms with Crippen molar-refractivity contribution in [2.24, 2.45) is 0 Å². The number of aromatic nitrogens is 3. The Kier molecular flexibility index (Phi) is 5.37. The fourth-order valence-electron chi connectivity index (χ4n) is 1.73. The first kappa shape index (κ1) is 14.8. The largest absolute Gasteiger partial charge is 0.383 e. The Hall–Kier alpha value is -1.60. The minimum atomic E-state index is -0.174. The van der Waals surface area contributed by atoms with E-state index in [0.717, 1.165) is 11.9 Å². The summed E-state index contributed by atoms with van der Waals surface area (Å²) < 4.78 is 4.92. The van der Waals surface area contributed by atoms with Crippen molar-refractivity contribution >= 4 is 28.8 Å². The number of hydrogen-bond donors (Lipinski definition) is 2. The number of pyridine rings is 1. The average Bonchev–Trinajstić information content (AvgIpc) is 2.87. The van der Waals surface area contributed by atoms with E-state index in [2.05, 4.69) is 20.3 Å². The number of ether oxygens (including phenoxy) is 1. The zero-order valence-electron chi connectivity index (χ0n) is 11.5. The van der Waals surface area contributed by atoms with Gasteiger partial charge in [-0.1, -0.05) is 18.7 Å². The maximum absolute atomic E-state index is 12.0. The Morgan fingerprint density at radius 3 is 3.15 bits per heavy atom. The molecule has 0 saturated carbocycles. The van der Waals surface area contributed by atoms with Crippen LogP contribution in [-0.4, -0.2) is 46.4 Å². The van der Waals surface area contributed by atoms with Gasteiger partial charge in [-0.15, -0.1) is 0 Å². The van der Waals surface area contributed by atoms with Crippen LogP contribution in [0.15, 0.2) is 23.5 Å². The van der Waals surface area contributed by atoms with Gasteiger partial charge in [0.25, 0.3) is 0 Å². The summed E-state index contributed by atoms with van der Waals surface area (Å²) in [6, 6.07) is 3.77. The third kappa shape index (κ3) is 3.71. The van der Waals surface area contributed by atoms with Gasteiger partial charge in [-0.25, -0.2) is 9.97 Å². The van der Waals surface area contributed by atoms with E-state index in [0.29, 0.717) is 24.0 Å². The molecule has 6 nitrogen and oxygen atoms in total. The summed E-state index contributed by atoms with van der Waals surface area (Å²) in [7, 11) is 1.61. The first-order valence-electron chi connectivity index (χ1n) is 6.48. The predicted molar refractivity (Wildman–Crippen MR) is 78.7 cm³/mol. The summed E-state index contributed by atoms with van der Waals surface area (Å²) in [6.45, 7) is 3.02. The molecule has 0 aromatic carbocycles. The van der Waals surface area contributed by atoms with E-state index in [-0.39, 0.29) is 11.2 Å². The van der Waals surface area contributed by atoms with E-state index in [1.54, 1.807) is 13.3 Å². The number of hydrogen-bond acceptors (Lipinski definition) is 5. The lowest BCUT2D eigenvalue weighted by Gasteiger charge is -2.12. The Morgan fingerprint density at radius 2 is 2.45 bits per heavy atom. The lowest BCUT2D eigenvalue weighted by atomic mass is 10.3. The number of methoxy groups -OCH3 is 1. The summed E-state index contributed by atoms with van der Waals surface area (Å²) in [5.41, 5.74) is 1.55. The minimum absolute atomic E-state index is 0.00275. The monoisotopic (exact) mass is 294 g/mol. The van der Waals surface area contributed by atoms with Gasteiger partial charge in [-0.3, -0.25) is 4.79 Å². The normalized spacial score (nSPS) is 12.5. The maximum Gasteiger partial charge on any atom is 0.233 e. The maximum atomic E-state index is 12.0. The van der Waals surface area contributed by atoms with Crippen LogP contribution in [0.5, 0.6) is 0 Å². The Morgan fingerprint density at radius 1 is 1.60 bits per heavy atom. The highest BCUT2D eigenvalue weighted by Gasteiger charge is 2.19. The van der Waals surface area contributed by atoms with E-state index in [4.69, 9.17) is 4.74 Å². The molecule has 2 N–H and O–H groups in total. The molecule has 1 atom stereocenters. The van der Waals surface area contributed by atoms with Gasteiger partial charge in [0.15, 0.2) is 10.8 Å². The van der Waals surface area contributed by atoms with Gasteiger partial charge in [0.2, 0.25) is 5.91 Å². The third-order valence-electron chi connectivity index (χ3n) is 2.76. The van der Waals surface area contributed by atoms with Crippen molar-refractivity contribution < 1.29 is 9.53 Å². The molecule has 0 spiro atoms. The van der Waals surface area contributed by atoms with E-state index in [9.17, 15) is 4.79 Å². The molecule has 2 heterocycles. The second-order valence-electron chi connectivity index (χ2n) is 4.22. The van der Waals surface area contributed by atoms with Crippen LogP contribution in [0.4, 0.5) is 0 Å². The Bertz CT molecular complexity index is 539. The molecule has 0 saturated heterocycles. The van der Waals surface area contributed by atoms with Gasteiger partial charge in [-0.2, -0.15) is 0 Å².